The van der Waals surface area contributed by atoms with E-state index in [4.69, 9.17) is 0 Å². The average Bonchev–Trinajstić information content (AvgIpc) is 2.43. The summed E-state index contributed by atoms with van der Waals surface area (Å²) < 4.78 is 0. The summed E-state index contributed by atoms with van der Waals surface area (Å²) in [5.41, 5.74) is 1.43. The van der Waals surface area contributed by atoms with Gasteiger partial charge in [-0.3, -0.25) is 4.79 Å². The Morgan fingerprint density at radius 3 is 2.37 bits per heavy atom. The zero-order valence-electron chi connectivity index (χ0n) is 10.8. The van der Waals surface area contributed by atoms with Crippen LogP contribution < -0.4 is 5.32 Å². The number of aromatic hydroxyl groups is 1. The predicted octanol–water partition coefficient (Wildman–Crippen LogP) is 3.52. The lowest BCUT2D eigenvalue weighted by Gasteiger charge is -2.15. The summed E-state index contributed by atoms with van der Waals surface area (Å²) in [6, 6.07) is 16.4. The summed E-state index contributed by atoms with van der Waals surface area (Å²) in [6.07, 6.45) is 0.712. The Kier molecular flexibility index (Phi) is 4.18. The molecule has 0 aliphatic rings. The third-order valence-corrected chi connectivity index (χ3v) is 3.09. The molecule has 0 radical (unpaired) electrons. The fraction of sp³-hybridized carbons (Fsp3) is 0.188. The van der Waals surface area contributed by atoms with E-state index in [1.54, 1.807) is 24.3 Å². The Labute approximate surface area is 112 Å². The van der Waals surface area contributed by atoms with Crippen LogP contribution in [0.2, 0.25) is 0 Å². The van der Waals surface area contributed by atoms with Crippen molar-refractivity contribution in [3.8, 4) is 5.75 Å². The number of para-hydroxylation sites is 2. The van der Waals surface area contributed by atoms with Crippen molar-refractivity contribution < 1.29 is 9.90 Å². The summed E-state index contributed by atoms with van der Waals surface area (Å²) in [6.45, 7) is 1.97. The van der Waals surface area contributed by atoms with Gasteiger partial charge < -0.3 is 10.4 Å². The second kappa shape index (κ2) is 6.05. The highest BCUT2D eigenvalue weighted by molar-refractivity contribution is 5.96. The smallest absolute Gasteiger partial charge is 0.232 e. The lowest BCUT2D eigenvalue weighted by Crippen LogP contribution is -2.20. The second-order valence-electron chi connectivity index (χ2n) is 4.38. The molecule has 3 nitrogen and oxygen atoms in total. The van der Waals surface area contributed by atoms with Crippen molar-refractivity contribution in [2.24, 2.45) is 0 Å². The first kappa shape index (κ1) is 13.1. The van der Waals surface area contributed by atoms with Gasteiger partial charge in [0.2, 0.25) is 5.91 Å². The van der Waals surface area contributed by atoms with Crippen LogP contribution >= 0.6 is 0 Å². The van der Waals surface area contributed by atoms with Crippen molar-refractivity contribution >= 4 is 11.6 Å². The quantitative estimate of drug-likeness (QED) is 0.821. The van der Waals surface area contributed by atoms with Gasteiger partial charge in [-0.1, -0.05) is 49.4 Å². The van der Waals surface area contributed by atoms with Crippen LogP contribution in [0.3, 0.4) is 0 Å². The molecular weight excluding hydrogens is 238 g/mol. The molecule has 19 heavy (non-hydrogen) atoms. The number of rotatable bonds is 4. The number of phenolic OH excluding ortho intramolecular Hbond substituents is 1. The molecule has 0 aromatic heterocycles. The van der Waals surface area contributed by atoms with Gasteiger partial charge in [-0.2, -0.15) is 0 Å². The summed E-state index contributed by atoms with van der Waals surface area (Å²) in [5.74, 6) is -0.227. The van der Waals surface area contributed by atoms with Gasteiger partial charge in [0.05, 0.1) is 11.6 Å². The first-order valence-electron chi connectivity index (χ1n) is 6.36. The Balaban J connectivity index is 2.17. The molecule has 0 fully saturated rings. The highest BCUT2D eigenvalue weighted by Crippen LogP contribution is 2.25. The number of carbonyl (C=O) groups excluding carboxylic acids is 1. The zero-order chi connectivity index (χ0) is 13.7. The summed E-state index contributed by atoms with van der Waals surface area (Å²) >= 11 is 0. The first-order chi connectivity index (χ1) is 9.22. The molecule has 1 amide bonds. The van der Waals surface area contributed by atoms with Crippen molar-refractivity contribution in [1.29, 1.82) is 0 Å². The molecule has 0 unspecified atom stereocenters. The molecular formula is C16H17NO2. The lowest BCUT2D eigenvalue weighted by atomic mass is 9.95. The average molecular weight is 255 g/mol. The molecule has 1 atom stereocenters. The number of phenols is 1. The number of carbonyl (C=O) groups is 1. The van der Waals surface area contributed by atoms with Crippen LogP contribution in [0.5, 0.6) is 5.75 Å². The largest absolute Gasteiger partial charge is 0.506 e. The fourth-order valence-electron chi connectivity index (χ4n) is 2.06. The third-order valence-electron chi connectivity index (χ3n) is 3.09. The summed E-state index contributed by atoms with van der Waals surface area (Å²) in [4.78, 5) is 12.3. The van der Waals surface area contributed by atoms with Crippen LogP contribution in [0.4, 0.5) is 5.69 Å². The third kappa shape index (κ3) is 3.13. The molecule has 0 aliphatic heterocycles. The van der Waals surface area contributed by atoms with Gasteiger partial charge in [-0.05, 0) is 24.1 Å². The monoisotopic (exact) mass is 255 g/mol. The molecule has 0 spiro atoms. The highest BCUT2D eigenvalue weighted by Gasteiger charge is 2.19. The predicted molar refractivity (Wildman–Crippen MR) is 76.2 cm³/mol. The maximum atomic E-state index is 12.3. The highest BCUT2D eigenvalue weighted by atomic mass is 16.3. The minimum absolute atomic E-state index is 0.0822. The van der Waals surface area contributed by atoms with Crippen molar-refractivity contribution in [3.05, 3.63) is 60.2 Å². The zero-order valence-corrected chi connectivity index (χ0v) is 10.8. The van der Waals surface area contributed by atoms with Crippen LogP contribution in [-0.2, 0) is 4.79 Å². The fourth-order valence-corrected chi connectivity index (χ4v) is 2.06. The van der Waals surface area contributed by atoms with Crippen molar-refractivity contribution in [3.63, 3.8) is 0 Å². The minimum Gasteiger partial charge on any atom is -0.506 e. The van der Waals surface area contributed by atoms with E-state index >= 15 is 0 Å². The molecule has 0 saturated heterocycles. The Bertz CT molecular complexity index is 552. The van der Waals surface area contributed by atoms with Gasteiger partial charge in [-0.25, -0.2) is 0 Å². The van der Waals surface area contributed by atoms with E-state index in [1.165, 1.54) is 0 Å². The molecule has 0 heterocycles. The maximum absolute atomic E-state index is 12.3. The topological polar surface area (TPSA) is 49.3 Å². The Morgan fingerprint density at radius 2 is 1.74 bits per heavy atom. The van der Waals surface area contributed by atoms with Gasteiger partial charge in [0.25, 0.3) is 0 Å². The van der Waals surface area contributed by atoms with E-state index in [0.29, 0.717) is 12.1 Å². The van der Waals surface area contributed by atoms with Crippen LogP contribution in [0.15, 0.2) is 54.6 Å². The van der Waals surface area contributed by atoms with Crippen LogP contribution in [0, 0.1) is 0 Å². The number of amides is 1. The first-order valence-corrected chi connectivity index (χ1v) is 6.36. The number of hydrogen-bond donors (Lipinski definition) is 2. The number of nitrogens with one attached hydrogen (secondary N) is 1. The molecule has 2 aromatic rings. The van der Waals surface area contributed by atoms with Gasteiger partial charge in [0, 0.05) is 0 Å². The normalized spacial score (nSPS) is 11.8. The van der Waals surface area contributed by atoms with E-state index in [2.05, 4.69) is 5.32 Å². The van der Waals surface area contributed by atoms with Gasteiger partial charge >= 0.3 is 0 Å². The van der Waals surface area contributed by atoms with Crippen LogP contribution in [0.1, 0.15) is 24.8 Å². The van der Waals surface area contributed by atoms with E-state index < -0.39 is 0 Å². The van der Waals surface area contributed by atoms with E-state index in [1.807, 2.05) is 37.3 Å². The Morgan fingerprint density at radius 1 is 1.11 bits per heavy atom. The molecule has 0 saturated carbocycles. The van der Waals surface area contributed by atoms with Crippen molar-refractivity contribution in [2.45, 2.75) is 19.3 Å². The molecule has 2 N–H and O–H groups in total. The van der Waals surface area contributed by atoms with Crippen molar-refractivity contribution in [2.75, 3.05) is 5.32 Å². The molecule has 0 bridgehead atoms. The number of benzene rings is 2. The Hall–Kier alpha value is -2.29. The number of anilines is 1. The summed E-state index contributed by atoms with van der Waals surface area (Å²) in [5, 5.41) is 12.4. The van der Waals surface area contributed by atoms with Crippen LogP contribution in [0.25, 0.3) is 0 Å². The van der Waals surface area contributed by atoms with E-state index in [0.717, 1.165) is 5.56 Å². The van der Waals surface area contributed by atoms with Gasteiger partial charge in [0.15, 0.2) is 0 Å². The standard InChI is InChI=1S/C16H17NO2/c1-2-13(12-8-4-3-5-9-12)16(19)17-14-10-6-7-11-15(14)18/h3-11,13,18H,2H2,1H3,(H,17,19)/t13-/m0/s1. The lowest BCUT2D eigenvalue weighted by molar-refractivity contribution is -0.117. The second-order valence-corrected chi connectivity index (χ2v) is 4.38. The van der Waals surface area contributed by atoms with E-state index in [-0.39, 0.29) is 17.6 Å². The van der Waals surface area contributed by atoms with Gasteiger partial charge in [-0.15, -0.1) is 0 Å². The molecule has 0 aliphatic carbocycles. The van der Waals surface area contributed by atoms with Crippen LogP contribution in [-0.4, -0.2) is 11.0 Å². The molecule has 2 rings (SSSR count). The molecule has 98 valence electrons. The molecule has 2 aromatic carbocycles. The minimum atomic E-state index is -0.208. The van der Waals surface area contributed by atoms with Crippen molar-refractivity contribution in [1.82, 2.24) is 0 Å². The maximum Gasteiger partial charge on any atom is 0.232 e. The SMILES string of the molecule is CC[C@H](C(=O)Nc1ccccc1O)c1ccccc1. The van der Waals surface area contributed by atoms with Gasteiger partial charge in [0.1, 0.15) is 5.75 Å². The van der Waals surface area contributed by atoms with E-state index in [9.17, 15) is 9.90 Å². The summed E-state index contributed by atoms with van der Waals surface area (Å²) in [7, 11) is 0. The number of hydrogen-bond acceptors (Lipinski definition) is 2. The molecule has 3 heteroatoms.